The first kappa shape index (κ1) is 15.3. The van der Waals surface area contributed by atoms with E-state index in [2.05, 4.69) is 15.1 Å². The van der Waals surface area contributed by atoms with E-state index in [4.69, 9.17) is 4.74 Å². The van der Waals surface area contributed by atoms with Crippen LogP contribution in [-0.2, 0) is 13.2 Å². The third kappa shape index (κ3) is 2.96. The number of fused-ring (bicyclic) bond motifs is 1. The van der Waals surface area contributed by atoms with Crippen molar-refractivity contribution in [3.05, 3.63) is 66.0 Å². The number of anilines is 1. The summed E-state index contributed by atoms with van der Waals surface area (Å²) in [6.07, 6.45) is 3.15. The number of nitrogens with zero attached hydrogens (tertiary/aromatic N) is 5. The quantitative estimate of drug-likeness (QED) is 0.731. The lowest BCUT2D eigenvalue weighted by molar-refractivity contribution is 0.0962. The van der Waals surface area contributed by atoms with Crippen LogP contribution in [0.4, 0.5) is 5.69 Å². The summed E-state index contributed by atoms with van der Waals surface area (Å²) < 4.78 is 7.45. The van der Waals surface area contributed by atoms with Crippen molar-refractivity contribution in [2.75, 3.05) is 11.4 Å². The Balaban J connectivity index is 1.54. The van der Waals surface area contributed by atoms with Gasteiger partial charge in [-0.05, 0) is 25.1 Å². The minimum absolute atomic E-state index is 0.0948. The number of hydrogen-bond acceptors (Lipinski definition) is 5. The zero-order valence-electron chi connectivity index (χ0n) is 13.8. The van der Waals surface area contributed by atoms with Gasteiger partial charge >= 0.3 is 0 Å². The van der Waals surface area contributed by atoms with Gasteiger partial charge in [0.1, 0.15) is 30.1 Å². The van der Waals surface area contributed by atoms with E-state index in [1.54, 1.807) is 21.8 Å². The van der Waals surface area contributed by atoms with E-state index in [1.165, 1.54) is 6.33 Å². The Kier molecular flexibility index (Phi) is 3.89. The van der Waals surface area contributed by atoms with Gasteiger partial charge in [-0.25, -0.2) is 9.97 Å². The Morgan fingerprint density at radius 3 is 2.84 bits per heavy atom. The van der Waals surface area contributed by atoms with E-state index < -0.39 is 0 Å². The number of hydrogen-bond donors (Lipinski definition) is 0. The Morgan fingerprint density at radius 1 is 1.20 bits per heavy atom. The molecule has 3 heterocycles. The molecule has 25 heavy (non-hydrogen) atoms. The summed E-state index contributed by atoms with van der Waals surface area (Å²) in [5.41, 5.74) is 2.81. The van der Waals surface area contributed by atoms with Crippen molar-refractivity contribution in [3.8, 4) is 5.75 Å². The molecule has 0 unspecified atom stereocenters. The molecule has 0 saturated heterocycles. The van der Waals surface area contributed by atoms with Crippen LogP contribution in [-0.4, -0.2) is 32.2 Å². The van der Waals surface area contributed by atoms with Gasteiger partial charge in [-0.1, -0.05) is 18.2 Å². The van der Waals surface area contributed by atoms with Crippen LogP contribution in [0.2, 0.25) is 0 Å². The number of benzene rings is 1. The summed E-state index contributed by atoms with van der Waals surface area (Å²) in [5.74, 6) is 0.682. The summed E-state index contributed by atoms with van der Waals surface area (Å²) >= 11 is 0. The van der Waals surface area contributed by atoms with Crippen molar-refractivity contribution in [1.29, 1.82) is 0 Å². The van der Waals surface area contributed by atoms with Gasteiger partial charge in [0.25, 0.3) is 5.91 Å². The molecule has 0 N–H and O–H groups in total. The highest BCUT2D eigenvalue weighted by Gasteiger charge is 2.28. The number of carbonyl (C=O) groups is 1. The molecule has 0 bridgehead atoms. The second-order valence-corrected chi connectivity index (χ2v) is 5.80. The van der Waals surface area contributed by atoms with Crippen molar-refractivity contribution in [3.63, 3.8) is 0 Å². The molecule has 0 saturated carbocycles. The van der Waals surface area contributed by atoms with E-state index in [1.807, 2.05) is 37.3 Å². The fraction of sp³-hybridized carbons (Fsp3) is 0.222. The van der Waals surface area contributed by atoms with Crippen molar-refractivity contribution in [2.45, 2.75) is 20.1 Å². The molecule has 0 aliphatic carbocycles. The Labute approximate surface area is 144 Å². The smallest absolute Gasteiger partial charge is 0.276 e. The van der Waals surface area contributed by atoms with Crippen LogP contribution in [0, 0.1) is 6.92 Å². The number of amides is 1. The fourth-order valence-corrected chi connectivity index (χ4v) is 2.87. The molecular weight excluding hydrogens is 318 g/mol. The maximum atomic E-state index is 12.8. The Morgan fingerprint density at radius 2 is 2.04 bits per heavy atom. The van der Waals surface area contributed by atoms with Gasteiger partial charge in [-0.15, -0.1) is 0 Å². The minimum atomic E-state index is -0.0948. The highest BCUT2D eigenvalue weighted by atomic mass is 16.5. The molecule has 1 aromatic carbocycles. The monoisotopic (exact) mass is 335 g/mol. The number of aryl methyl sites for hydroxylation is 1. The van der Waals surface area contributed by atoms with E-state index >= 15 is 0 Å². The van der Waals surface area contributed by atoms with Crippen molar-refractivity contribution < 1.29 is 9.53 Å². The lowest BCUT2D eigenvalue weighted by Gasteiger charge is -2.27. The molecule has 1 aliphatic rings. The van der Waals surface area contributed by atoms with E-state index in [-0.39, 0.29) is 5.91 Å². The van der Waals surface area contributed by atoms with Crippen LogP contribution in [0.3, 0.4) is 0 Å². The summed E-state index contributed by atoms with van der Waals surface area (Å²) in [4.78, 5) is 22.7. The standard InChI is InChI=1S/C18H17N5O2/c1-13-17(10-19-12-20-13)22-7-8-23-16(18(22)24)9-14(21-23)11-25-15-5-3-2-4-6-15/h2-6,9-10,12H,7-8,11H2,1H3. The van der Waals surface area contributed by atoms with Crippen molar-refractivity contribution in [2.24, 2.45) is 0 Å². The number of aromatic nitrogens is 4. The largest absolute Gasteiger partial charge is 0.487 e. The van der Waals surface area contributed by atoms with Crippen LogP contribution in [0.1, 0.15) is 21.9 Å². The molecule has 7 nitrogen and oxygen atoms in total. The van der Waals surface area contributed by atoms with Crippen LogP contribution < -0.4 is 9.64 Å². The lowest BCUT2D eigenvalue weighted by Crippen LogP contribution is -2.41. The van der Waals surface area contributed by atoms with Gasteiger partial charge in [-0.2, -0.15) is 5.10 Å². The van der Waals surface area contributed by atoms with Crippen LogP contribution >= 0.6 is 0 Å². The average Bonchev–Trinajstić information content (AvgIpc) is 3.06. The highest BCUT2D eigenvalue weighted by Crippen LogP contribution is 2.23. The maximum Gasteiger partial charge on any atom is 0.276 e. The molecule has 7 heteroatoms. The zero-order valence-corrected chi connectivity index (χ0v) is 13.8. The summed E-state index contributed by atoms with van der Waals surface area (Å²) in [6, 6.07) is 11.3. The van der Waals surface area contributed by atoms with Gasteiger partial charge in [0.05, 0.1) is 24.1 Å². The molecule has 0 radical (unpaired) electrons. The molecule has 3 aromatic rings. The van der Waals surface area contributed by atoms with Gasteiger partial charge in [0, 0.05) is 6.54 Å². The van der Waals surface area contributed by atoms with E-state index in [9.17, 15) is 4.79 Å². The molecular formula is C18H17N5O2. The normalized spacial score (nSPS) is 13.6. The molecule has 0 spiro atoms. The van der Waals surface area contributed by atoms with Crippen LogP contribution in [0.25, 0.3) is 0 Å². The zero-order chi connectivity index (χ0) is 17.2. The van der Waals surface area contributed by atoms with Gasteiger partial charge in [0.15, 0.2) is 0 Å². The number of ether oxygens (including phenoxy) is 1. The van der Waals surface area contributed by atoms with Crippen LogP contribution in [0.5, 0.6) is 5.75 Å². The molecule has 126 valence electrons. The summed E-state index contributed by atoms with van der Waals surface area (Å²) in [6.45, 7) is 3.36. The van der Waals surface area contributed by atoms with Crippen LogP contribution in [0.15, 0.2) is 48.9 Å². The molecule has 4 rings (SSSR count). The lowest BCUT2D eigenvalue weighted by atomic mass is 10.2. The topological polar surface area (TPSA) is 73.1 Å². The first-order valence-electron chi connectivity index (χ1n) is 8.05. The predicted octanol–water partition coefficient (Wildman–Crippen LogP) is 2.22. The maximum absolute atomic E-state index is 12.8. The third-order valence-electron chi connectivity index (χ3n) is 4.14. The van der Waals surface area contributed by atoms with Gasteiger partial charge < -0.3 is 9.64 Å². The first-order chi connectivity index (χ1) is 12.2. The summed E-state index contributed by atoms with van der Waals surface area (Å²) in [5, 5.41) is 4.48. The summed E-state index contributed by atoms with van der Waals surface area (Å²) in [7, 11) is 0. The molecule has 0 atom stereocenters. The number of rotatable bonds is 4. The van der Waals surface area contributed by atoms with Gasteiger partial charge in [0.2, 0.25) is 0 Å². The van der Waals surface area contributed by atoms with Gasteiger partial charge in [-0.3, -0.25) is 9.48 Å². The number of carbonyl (C=O) groups excluding carboxylic acids is 1. The Hall–Kier alpha value is -3.22. The predicted molar refractivity (Wildman–Crippen MR) is 91.4 cm³/mol. The SMILES string of the molecule is Cc1ncncc1N1CCn2nc(COc3ccccc3)cc2C1=O. The highest BCUT2D eigenvalue weighted by molar-refractivity contribution is 6.05. The molecule has 0 fully saturated rings. The second kappa shape index (κ2) is 6.35. The molecule has 2 aromatic heterocycles. The van der Waals surface area contributed by atoms with Crippen molar-refractivity contribution in [1.82, 2.24) is 19.7 Å². The minimum Gasteiger partial charge on any atom is -0.487 e. The fourth-order valence-electron chi connectivity index (χ4n) is 2.87. The van der Waals surface area contributed by atoms with Crippen molar-refractivity contribution >= 4 is 11.6 Å². The number of para-hydroxylation sites is 1. The molecule has 1 amide bonds. The van der Waals surface area contributed by atoms with E-state index in [0.717, 1.165) is 22.8 Å². The average molecular weight is 335 g/mol. The third-order valence-corrected chi connectivity index (χ3v) is 4.14. The molecule has 1 aliphatic heterocycles. The first-order valence-corrected chi connectivity index (χ1v) is 8.05. The Bertz CT molecular complexity index is 907. The van der Waals surface area contributed by atoms with E-state index in [0.29, 0.717) is 25.4 Å². The second-order valence-electron chi connectivity index (χ2n) is 5.80.